The molecule has 0 aromatic carbocycles. The zero-order chi connectivity index (χ0) is 18.8. The van der Waals surface area contributed by atoms with Gasteiger partial charge in [0.05, 0.1) is 12.6 Å². The Balaban J connectivity index is 1.28. The molecule has 1 aromatic heterocycles. The van der Waals surface area contributed by atoms with Crippen LogP contribution >= 0.6 is 0 Å². The number of carbonyl (C=O) groups is 2. The standard InChI is InChI=1S/C19H28N4O4/c24-11-16-5-4-15(27-16)9-20-13-7-17-19(26)21-8-14(23(17)10-13)3-6-18(25)22-12-1-2-12/h4-5,12-14,17,20,24H,1-3,6-11H2,(H,21,26)(H,22,25)/t13-,14-,17-/m1/s1. The van der Waals surface area contributed by atoms with E-state index < -0.39 is 0 Å². The SMILES string of the molecule is O=C(CC[C@@H]1CNC(=O)[C@H]2C[C@@H](NCc3ccc(CO)o3)CN12)NC1CC1. The van der Waals surface area contributed by atoms with Crippen LogP contribution in [0.3, 0.4) is 0 Å². The molecule has 1 aliphatic carbocycles. The fraction of sp³-hybridized carbons (Fsp3) is 0.684. The molecule has 8 nitrogen and oxygen atoms in total. The quantitative estimate of drug-likeness (QED) is 0.503. The number of aliphatic hydroxyl groups is 1. The molecule has 1 aromatic rings. The van der Waals surface area contributed by atoms with E-state index in [1.165, 1.54) is 0 Å². The first-order valence-electron chi connectivity index (χ1n) is 9.87. The fourth-order valence-corrected chi connectivity index (χ4v) is 4.06. The van der Waals surface area contributed by atoms with Gasteiger partial charge in [0.2, 0.25) is 11.8 Å². The molecule has 4 rings (SSSR count). The maximum atomic E-state index is 12.3. The number of nitrogens with one attached hydrogen (secondary N) is 3. The van der Waals surface area contributed by atoms with Crippen molar-refractivity contribution in [1.82, 2.24) is 20.9 Å². The molecule has 2 aliphatic heterocycles. The van der Waals surface area contributed by atoms with Gasteiger partial charge in [-0.3, -0.25) is 14.5 Å². The van der Waals surface area contributed by atoms with Crippen molar-refractivity contribution in [2.45, 2.75) is 69.4 Å². The second kappa shape index (κ2) is 8.00. The monoisotopic (exact) mass is 376 g/mol. The second-order valence-electron chi connectivity index (χ2n) is 7.83. The molecule has 3 aliphatic rings. The molecule has 2 amide bonds. The Morgan fingerprint density at radius 1 is 1.30 bits per heavy atom. The first-order valence-corrected chi connectivity index (χ1v) is 9.87. The van der Waals surface area contributed by atoms with Gasteiger partial charge in [0, 0.05) is 37.6 Å². The predicted molar refractivity (Wildman–Crippen MR) is 97.6 cm³/mol. The van der Waals surface area contributed by atoms with Crippen LogP contribution in [0.5, 0.6) is 0 Å². The van der Waals surface area contributed by atoms with Crippen LogP contribution < -0.4 is 16.0 Å². The highest BCUT2D eigenvalue weighted by molar-refractivity contribution is 5.83. The number of piperazine rings is 1. The van der Waals surface area contributed by atoms with Crippen molar-refractivity contribution in [3.63, 3.8) is 0 Å². The highest BCUT2D eigenvalue weighted by Gasteiger charge is 2.43. The molecule has 0 spiro atoms. The molecule has 0 unspecified atom stereocenters. The number of carbonyl (C=O) groups excluding carboxylic acids is 2. The maximum absolute atomic E-state index is 12.3. The molecule has 0 radical (unpaired) electrons. The largest absolute Gasteiger partial charge is 0.462 e. The first-order chi connectivity index (χ1) is 13.1. The summed E-state index contributed by atoms with van der Waals surface area (Å²) in [5.74, 6) is 1.54. The van der Waals surface area contributed by atoms with E-state index in [0.29, 0.717) is 31.3 Å². The Kier molecular flexibility index (Phi) is 5.47. The lowest BCUT2D eigenvalue weighted by Crippen LogP contribution is -2.58. The van der Waals surface area contributed by atoms with Gasteiger partial charge in [-0.2, -0.15) is 0 Å². The molecule has 3 atom stereocenters. The van der Waals surface area contributed by atoms with Crippen molar-refractivity contribution in [3.8, 4) is 0 Å². The van der Waals surface area contributed by atoms with Crippen molar-refractivity contribution in [2.75, 3.05) is 13.1 Å². The average Bonchev–Trinajstić information content (AvgIpc) is 3.19. The minimum Gasteiger partial charge on any atom is -0.462 e. The van der Waals surface area contributed by atoms with Gasteiger partial charge in [-0.1, -0.05) is 0 Å². The molecule has 27 heavy (non-hydrogen) atoms. The predicted octanol–water partition coefficient (Wildman–Crippen LogP) is -0.138. The first kappa shape index (κ1) is 18.5. The van der Waals surface area contributed by atoms with Gasteiger partial charge in [0.25, 0.3) is 0 Å². The number of amides is 2. The van der Waals surface area contributed by atoms with Crippen LogP contribution in [0, 0.1) is 0 Å². The molecule has 148 valence electrons. The molecule has 8 heteroatoms. The van der Waals surface area contributed by atoms with E-state index >= 15 is 0 Å². The van der Waals surface area contributed by atoms with Gasteiger partial charge in [-0.15, -0.1) is 0 Å². The number of fused-ring (bicyclic) bond motifs is 1. The minimum atomic E-state index is -0.127. The summed E-state index contributed by atoms with van der Waals surface area (Å²) in [7, 11) is 0. The number of hydrogen-bond donors (Lipinski definition) is 4. The number of nitrogens with zero attached hydrogens (tertiary/aromatic N) is 1. The van der Waals surface area contributed by atoms with Crippen LogP contribution in [-0.2, 0) is 22.7 Å². The van der Waals surface area contributed by atoms with E-state index in [0.717, 1.165) is 38.0 Å². The third kappa shape index (κ3) is 4.51. The smallest absolute Gasteiger partial charge is 0.237 e. The Morgan fingerprint density at radius 2 is 2.11 bits per heavy atom. The van der Waals surface area contributed by atoms with Crippen molar-refractivity contribution in [2.24, 2.45) is 0 Å². The summed E-state index contributed by atoms with van der Waals surface area (Å²) in [5, 5.41) is 18.6. The van der Waals surface area contributed by atoms with Gasteiger partial charge >= 0.3 is 0 Å². The van der Waals surface area contributed by atoms with E-state index in [1.54, 1.807) is 6.07 Å². The number of hydrogen-bond acceptors (Lipinski definition) is 6. The highest BCUT2D eigenvalue weighted by Crippen LogP contribution is 2.26. The van der Waals surface area contributed by atoms with E-state index in [2.05, 4.69) is 20.9 Å². The molecule has 3 heterocycles. The van der Waals surface area contributed by atoms with Crippen molar-refractivity contribution >= 4 is 11.8 Å². The Morgan fingerprint density at radius 3 is 2.85 bits per heavy atom. The number of furan rings is 1. The fourth-order valence-electron chi connectivity index (χ4n) is 4.06. The van der Waals surface area contributed by atoms with Crippen LogP contribution in [0.25, 0.3) is 0 Å². The Bertz CT molecular complexity index is 687. The minimum absolute atomic E-state index is 0.0820. The highest BCUT2D eigenvalue weighted by atomic mass is 16.4. The third-order valence-electron chi connectivity index (χ3n) is 5.71. The van der Waals surface area contributed by atoms with Crippen LogP contribution in [-0.4, -0.2) is 59.1 Å². The lowest BCUT2D eigenvalue weighted by Gasteiger charge is -2.37. The van der Waals surface area contributed by atoms with E-state index in [9.17, 15) is 9.59 Å². The molecule has 4 N–H and O–H groups in total. The molecule has 2 saturated heterocycles. The summed E-state index contributed by atoms with van der Waals surface area (Å²) in [5.41, 5.74) is 0. The molecular weight excluding hydrogens is 348 g/mol. The molecular formula is C19H28N4O4. The maximum Gasteiger partial charge on any atom is 0.237 e. The van der Waals surface area contributed by atoms with Crippen molar-refractivity contribution in [3.05, 3.63) is 23.7 Å². The van der Waals surface area contributed by atoms with Crippen LogP contribution in [0.2, 0.25) is 0 Å². The van der Waals surface area contributed by atoms with Gasteiger partial charge < -0.3 is 25.5 Å². The van der Waals surface area contributed by atoms with Gasteiger partial charge in [0.15, 0.2) is 0 Å². The van der Waals surface area contributed by atoms with Crippen LogP contribution in [0.1, 0.15) is 43.6 Å². The summed E-state index contributed by atoms with van der Waals surface area (Å²) in [6, 6.07) is 4.29. The lowest BCUT2D eigenvalue weighted by molar-refractivity contribution is -0.129. The zero-order valence-corrected chi connectivity index (χ0v) is 15.4. The van der Waals surface area contributed by atoms with Gasteiger partial charge in [-0.05, 0) is 37.8 Å². The normalized spacial score (nSPS) is 28.0. The van der Waals surface area contributed by atoms with E-state index in [-0.39, 0.29) is 36.5 Å². The van der Waals surface area contributed by atoms with E-state index in [4.69, 9.17) is 9.52 Å². The van der Waals surface area contributed by atoms with Crippen LogP contribution in [0.15, 0.2) is 16.5 Å². The summed E-state index contributed by atoms with van der Waals surface area (Å²) in [6.45, 7) is 1.87. The Hall–Kier alpha value is -1.90. The summed E-state index contributed by atoms with van der Waals surface area (Å²) in [4.78, 5) is 26.5. The summed E-state index contributed by atoms with van der Waals surface area (Å²) < 4.78 is 5.51. The molecule has 0 bridgehead atoms. The average molecular weight is 376 g/mol. The van der Waals surface area contributed by atoms with Crippen LogP contribution in [0.4, 0.5) is 0 Å². The van der Waals surface area contributed by atoms with Gasteiger partial charge in [0.1, 0.15) is 18.1 Å². The van der Waals surface area contributed by atoms with Crippen molar-refractivity contribution < 1.29 is 19.1 Å². The summed E-state index contributed by atoms with van der Waals surface area (Å²) in [6.07, 6.45) is 4.23. The number of aliphatic hydroxyl groups excluding tert-OH is 1. The van der Waals surface area contributed by atoms with Crippen molar-refractivity contribution in [1.29, 1.82) is 0 Å². The molecule has 1 saturated carbocycles. The third-order valence-corrected chi connectivity index (χ3v) is 5.71. The number of rotatable bonds is 8. The summed E-state index contributed by atoms with van der Waals surface area (Å²) >= 11 is 0. The second-order valence-corrected chi connectivity index (χ2v) is 7.83. The Labute approximate surface area is 158 Å². The van der Waals surface area contributed by atoms with E-state index in [1.807, 2.05) is 6.07 Å². The lowest BCUT2D eigenvalue weighted by atomic mass is 10.0. The molecule has 3 fully saturated rings. The van der Waals surface area contributed by atoms with Gasteiger partial charge in [-0.25, -0.2) is 0 Å². The zero-order valence-electron chi connectivity index (χ0n) is 15.4. The topological polar surface area (TPSA) is 107 Å².